The van der Waals surface area contributed by atoms with Crippen LogP contribution in [0.1, 0.15) is 12.0 Å². The molecule has 0 saturated carbocycles. The third-order valence-electron chi connectivity index (χ3n) is 3.06. The van der Waals surface area contributed by atoms with Gasteiger partial charge in [-0.1, -0.05) is 40.2 Å². The highest BCUT2D eigenvalue weighted by molar-refractivity contribution is 14.0. The molecule has 0 aromatic heterocycles. The maximum Gasteiger partial charge on any atom is 0.224 e. The average Bonchev–Trinajstić information content (AvgIpc) is 2.52. The summed E-state index contributed by atoms with van der Waals surface area (Å²) in [5, 5.41) is 6.16. The molecule has 0 aliphatic carbocycles. The number of halogens is 2. The van der Waals surface area contributed by atoms with E-state index in [9.17, 15) is 4.79 Å². The molecule has 7 heteroatoms. The topological polar surface area (TPSA) is 56.7 Å². The summed E-state index contributed by atoms with van der Waals surface area (Å²) < 4.78 is 1.02. The van der Waals surface area contributed by atoms with Gasteiger partial charge in [-0.05, 0) is 11.6 Å². The van der Waals surface area contributed by atoms with Gasteiger partial charge in [0.05, 0.1) is 0 Å². The van der Waals surface area contributed by atoms with Crippen LogP contribution in [-0.2, 0) is 11.3 Å². The first-order chi connectivity index (χ1) is 10.6. The van der Waals surface area contributed by atoms with Crippen LogP contribution in [0.25, 0.3) is 0 Å². The van der Waals surface area contributed by atoms with Crippen molar-refractivity contribution in [2.45, 2.75) is 13.0 Å². The van der Waals surface area contributed by atoms with E-state index < -0.39 is 0 Å². The van der Waals surface area contributed by atoms with Crippen LogP contribution in [-0.4, -0.2) is 44.0 Å². The van der Waals surface area contributed by atoms with E-state index in [2.05, 4.69) is 38.1 Å². The van der Waals surface area contributed by atoms with Gasteiger partial charge in [-0.2, -0.15) is 0 Å². The Kier molecular flexibility index (Phi) is 11.8. The van der Waals surface area contributed by atoms with Crippen molar-refractivity contribution in [3.8, 4) is 0 Å². The molecule has 2 N–H and O–H groups in total. The molecule has 0 bridgehead atoms. The summed E-state index contributed by atoms with van der Waals surface area (Å²) in [5.41, 5.74) is 1.09. The predicted molar refractivity (Wildman–Crippen MR) is 110 cm³/mol. The maximum atomic E-state index is 12.1. The van der Waals surface area contributed by atoms with Crippen molar-refractivity contribution in [2.24, 2.45) is 4.99 Å². The summed E-state index contributed by atoms with van der Waals surface area (Å²) in [7, 11) is 3.51. The van der Waals surface area contributed by atoms with Gasteiger partial charge in [0.25, 0.3) is 0 Å². The molecule has 0 unspecified atom stereocenters. The number of carbonyl (C=O) groups excluding carboxylic acids is 1. The second-order valence-corrected chi connectivity index (χ2v) is 5.61. The van der Waals surface area contributed by atoms with Gasteiger partial charge >= 0.3 is 0 Å². The SMILES string of the molecule is C=CCNC(=NC)NCCC(=O)N(C)Cc1ccccc1Br.I. The Hall–Kier alpha value is -1.09. The molecular formula is C16H24BrIN4O. The highest BCUT2D eigenvalue weighted by atomic mass is 127. The smallest absolute Gasteiger partial charge is 0.224 e. The van der Waals surface area contributed by atoms with E-state index >= 15 is 0 Å². The van der Waals surface area contributed by atoms with Crippen LogP contribution in [0, 0.1) is 0 Å². The van der Waals surface area contributed by atoms with E-state index in [0.29, 0.717) is 32.0 Å². The minimum atomic E-state index is 0. The Labute approximate surface area is 163 Å². The van der Waals surface area contributed by atoms with Gasteiger partial charge in [-0.15, -0.1) is 30.6 Å². The van der Waals surface area contributed by atoms with Crippen molar-refractivity contribution in [3.05, 3.63) is 47.0 Å². The highest BCUT2D eigenvalue weighted by Gasteiger charge is 2.10. The van der Waals surface area contributed by atoms with Crippen molar-refractivity contribution >= 4 is 51.8 Å². The Morgan fingerprint density at radius 3 is 2.70 bits per heavy atom. The van der Waals surface area contributed by atoms with Gasteiger partial charge in [0.1, 0.15) is 0 Å². The van der Waals surface area contributed by atoms with Crippen LogP contribution in [0.4, 0.5) is 0 Å². The zero-order valence-corrected chi connectivity index (χ0v) is 17.4. The molecule has 1 aromatic carbocycles. The molecule has 0 spiro atoms. The van der Waals surface area contributed by atoms with Crippen LogP contribution in [0.5, 0.6) is 0 Å². The minimum Gasteiger partial charge on any atom is -0.356 e. The number of nitrogens with one attached hydrogen (secondary N) is 2. The fourth-order valence-corrected chi connectivity index (χ4v) is 2.25. The van der Waals surface area contributed by atoms with Gasteiger partial charge in [0.15, 0.2) is 5.96 Å². The minimum absolute atomic E-state index is 0. The number of aliphatic imine (C=N–C) groups is 1. The molecule has 0 radical (unpaired) electrons. The number of carbonyl (C=O) groups is 1. The summed E-state index contributed by atoms with van der Waals surface area (Å²) in [5.74, 6) is 0.753. The second-order valence-electron chi connectivity index (χ2n) is 4.76. The van der Waals surface area contributed by atoms with Crippen LogP contribution >= 0.6 is 39.9 Å². The van der Waals surface area contributed by atoms with E-state index in [1.807, 2.05) is 31.3 Å². The Balaban J connectivity index is 0.00000484. The summed E-state index contributed by atoms with van der Waals surface area (Å²) in [6, 6.07) is 7.91. The zero-order valence-electron chi connectivity index (χ0n) is 13.5. The normalized spacial score (nSPS) is 10.5. The molecule has 23 heavy (non-hydrogen) atoms. The predicted octanol–water partition coefficient (Wildman–Crippen LogP) is 2.77. The molecule has 0 heterocycles. The van der Waals surface area contributed by atoms with Gasteiger partial charge in [-0.25, -0.2) is 0 Å². The van der Waals surface area contributed by atoms with Crippen molar-refractivity contribution in [3.63, 3.8) is 0 Å². The van der Waals surface area contributed by atoms with E-state index in [0.717, 1.165) is 10.0 Å². The summed E-state index contributed by atoms with van der Waals surface area (Å²) >= 11 is 3.50. The molecule has 1 rings (SSSR count). The Bertz CT molecular complexity index is 537. The molecule has 5 nitrogen and oxygen atoms in total. The van der Waals surface area contributed by atoms with Crippen molar-refractivity contribution in [1.29, 1.82) is 0 Å². The summed E-state index contributed by atoms with van der Waals surface area (Å²) in [6.45, 7) is 5.39. The molecule has 0 saturated heterocycles. The van der Waals surface area contributed by atoms with Crippen molar-refractivity contribution < 1.29 is 4.79 Å². The Morgan fingerprint density at radius 2 is 2.09 bits per heavy atom. The largest absolute Gasteiger partial charge is 0.356 e. The number of rotatable bonds is 7. The standard InChI is InChI=1S/C16H23BrN4O.HI/c1-4-10-19-16(18-2)20-11-9-15(22)21(3)12-13-7-5-6-8-14(13)17;/h4-8H,1,9-12H2,2-3H3,(H2,18,19,20);1H. The quantitative estimate of drug-likeness (QED) is 0.265. The van der Waals surface area contributed by atoms with E-state index in [-0.39, 0.29) is 29.9 Å². The molecule has 0 aliphatic heterocycles. The molecule has 0 fully saturated rings. The van der Waals surface area contributed by atoms with Crippen molar-refractivity contribution in [2.75, 3.05) is 27.2 Å². The van der Waals surface area contributed by atoms with E-state index in [1.165, 1.54) is 0 Å². The van der Waals surface area contributed by atoms with Crippen LogP contribution in [0.15, 0.2) is 46.4 Å². The lowest BCUT2D eigenvalue weighted by atomic mass is 10.2. The van der Waals surface area contributed by atoms with Gasteiger partial charge in [0.2, 0.25) is 5.91 Å². The molecule has 128 valence electrons. The maximum absolute atomic E-state index is 12.1. The fraction of sp³-hybridized carbons (Fsp3) is 0.375. The first-order valence-corrected chi connectivity index (χ1v) is 7.90. The van der Waals surface area contributed by atoms with Gasteiger partial charge in [-0.3, -0.25) is 9.79 Å². The first kappa shape index (κ1) is 21.9. The first-order valence-electron chi connectivity index (χ1n) is 7.11. The van der Waals surface area contributed by atoms with Crippen LogP contribution in [0.2, 0.25) is 0 Å². The third kappa shape index (κ3) is 8.36. The number of guanidine groups is 1. The number of hydrogen-bond acceptors (Lipinski definition) is 2. The van der Waals surface area contributed by atoms with E-state index in [4.69, 9.17) is 0 Å². The lowest BCUT2D eigenvalue weighted by Gasteiger charge is -2.18. The number of nitrogens with zero attached hydrogens (tertiary/aromatic N) is 2. The second kappa shape index (κ2) is 12.3. The van der Waals surface area contributed by atoms with Crippen LogP contribution in [0.3, 0.4) is 0 Å². The average molecular weight is 495 g/mol. The zero-order chi connectivity index (χ0) is 16.4. The third-order valence-corrected chi connectivity index (χ3v) is 3.83. The molecule has 1 amide bonds. The number of benzene rings is 1. The van der Waals surface area contributed by atoms with Crippen LogP contribution < -0.4 is 10.6 Å². The van der Waals surface area contributed by atoms with E-state index in [1.54, 1.807) is 18.0 Å². The van der Waals surface area contributed by atoms with Crippen molar-refractivity contribution in [1.82, 2.24) is 15.5 Å². The van der Waals surface area contributed by atoms with Gasteiger partial charge < -0.3 is 15.5 Å². The molecule has 0 atom stereocenters. The lowest BCUT2D eigenvalue weighted by Crippen LogP contribution is -2.39. The molecule has 1 aromatic rings. The lowest BCUT2D eigenvalue weighted by molar-refractivity contribution is -0.130. The summed E-state index contributed by atoms with van der Waals surface area (Å²) in [6.07, 6.45) is 2.17. The monoisotopic (exact) mass is 494 g/mol. The summed E-state index contributed by atoms with van der Waals surface area (Å²) in [4.78, 5) is 17.9. The molecular weight excluding hydrogens is 471 g/mol. The highest BCUT2D eigenvalue weighted by Crippen LogP contribution is 2.17. The van der Waals surface area contributed by atoms with Gasteiger partial charge in [0, 0.05) is 44.6 Å². The number of hydrogen-bond donors (Lipinski definition) is 2. The Morgan fingerprint density at radius 1 is 1.39 bits per heavy atom. The molecule has 0 aliphatic rings. The number of amides is 1. The fourth-order valence-electron chi connectivity index (χ4n) is 1.84.